The first kappa shape index (κ1) is 12.6. The Morgan fingerprint density at radius 3 is 2.33 bits per heavy atom. The highest BCUT2D eigenvalue weighted by molar-refractivity contribution is 6.29. The summed E-state index contributed by atoms with van der Waals surface area (Å²) in [5.41, 5.74) is -0.506. The summed E-state index contributed by atoms with van der Waals surface area (Å²) in [6.45, 7) is 0. The number of nitrogens with one attached hydrogen (secondary N) is 1. The fraction of sp³-hybridized carbons (Fsp3) is 0.0909. The number of nitrogens with zero attached hydrogens (tertiary/aromatic N) is 2. The molecule has 0 aliphatic heterocycles. The molecule has 1 aromatic carbocycles. The summed E-state index contributed by atoms with van der Waals surface area (Å²) >= 11 is 5.53. The summed E-state index contributed by atoms with van der Waals surface area (Å²) in [4.78, 5) is 7.05. The summed E-state index contributed by atoms with van der Waals surface area (Å²) in [5, 5.41) is 2.38. The first-order valence-corrected chi connectivity index (χ1v) is 5.27. The van der Waals surface area contributed by atoms with Crippen molar-refractivity contribution in [2.24, 2.45) is 0 Å². The number of alkyl halides is 3. The van der Waals surface area contributed by atoms with Crippen molar-refractivity contribution in [1.29, 1.82) is 0 Å². The predicted octanol–water partition coefficient (Wildman–Crippen LogP) is 3.89. The average Bonchev–Trinajstić information content (AvgIpc) is 2.28. The Bertz CT molecular complexity index is 543. The zero-order valence-corrected chi connectivity index (χ0v) is 9.63. The second-order valence-electron chi connectivity index (χ2n) is 3.39. The maximum atomic E-state index is 12.5. The van der Waals surface area contributed by atoms with Crippen LogP contribution in [-0.2, 0) is 6.18 Å². The van der Waals surface area contributed by atoms with Crippen molar-refractivity contribution in [2.75, 3.05) is 5.32 Å². The van der Waals surface area contributed by atoms with Crippen molar-refractivity contribution >= 4 is 23.2 Å². The number of halogens is 4. The van der Waals surface area contributed by atoms with Crippen molar-refractivity contribution < 1.29 is 13.2 Å². The molecule has 2 rings (SSSR count). The second kappa shape index (κ2) is 4.81. The third kappa shape index (κ3) is 3.10. The Kier molecular flexibility index (Phi) is 3.38. The van der Waals surface area contributed by atoms with E-state index in [0.29, 0.717) is 11.8 Å². The van der Waals surface area contributed by atoms with E-state index >= 15 is 0 Å². The highest BCUT2D eigenvalue weighted by Gasteiger charge is 2.33. The number of rotatable bonds is 2. The van der Waals surface area contributed by atoms with Gasteiger partial charge in [0.05, 0.1) is 0 Å². The Balaban J connectivity index is 2.32. The fourth-order valence-corrected chi connectivity index (χ4v) is 1.45. The molecule has 0 amide bonds. The third-order valence-electron chi connectivity index (χ3n) is 2.02. The highest BCUT2D eigenvalue weighted by atomic mass is 35.5. The molecule has 0 aliphatic carbocycles. The zero-order chi connectivity index (χ0) is 13.2. The lowest BCUT2D eigenvalue weighted by atomic mass is 10.3. The van der Waals surface area contributed by atoms with Crippen LogP contribution in [-0.4, -0.2) is 9.97 Å². The van der Waals surface area contributed by atoms with E-state index in [-0.39, 0.29) is 11.1 Å². The third-order valence-corrected chi connectivity index (χ3v) is 2.21. The van der Waals surface area contributed by atoms with Crippen LogP contribution >= 0.6 is 11.6 Å². The van der Waals surface area contributed by atoms with Gasteiger partial charge in [-0.3, -0.25) is 0 Å². The van der Waals surface area contributed by atoms with Gasteiger partial charge in [-0.05, 0) is 12.1 Å². The van der Waals surface area contributed by atoms with Crippen LogP contribution in [0.4, 0.5) is 24.8 Å². The van der Waals surface area contributed by atoms with Crippen LogP contribution < -0.4 is 5.32 Å². The molecule has 0 unspecified atom stereocenters. The molecule has 1 N–H and O–H groups in total. The number of anilines is 2. The van der Waals surface area contributed by atoms with Gasteiger partial charge in [0.15, 0.2) is 5.69 Å². The van der Waals surface area contributed by atoms with Crippen LogP contribution in [0.1, 0.15) is 5.69 Å². The van der Waals surface area contributed by atoms with Crippen molar-refractivity contribution in [3.8, 4) is 0 Å². The monoisotopic (exact) mass is 273 g/mol. The van der Waals surface area contributed by atoms with Crippen LogP contribution in [0.2, 0.25) is 5.15 Å². The van der Waals surface area contributed by atoms with Crippen LogP contribution in [0.15, 0.2) is 36.4 Å². The smallest absolute Gasteiger partial charge is 0.324 e. The molecule has 0 spiro atoms. The maximum Gasteiger partial charge on any atom is 0.433 e. The summed E-state index contributed by atoms with van der Waals surface area (Å²) in [5.74, 6) is -0.193. The normalized spacial score (nSPS) is 11.3. The number of para-hydroxylation sites is 1. The lowest BCUT2D eigenvalue weighted by Gasteiger charge is -2.09. The van der Waals surface area contributed by atoms with E-state index in [0.717, 1.165) is 0 Å². The van der Waals surface area contributed by atoms with Crippen LogP contribution in [0.5, 0.6) is 0 Å². The standard InChI is InChI=1S/C11H7ClF3N3/c12-9-6-8(11(13,14)15)17-10(18-9)16-7-4-2-1-3-5-7/h1-6H,(H,16,17,18). The van der Waals surface area contributed by atoms with Crippen LogP contribution in [0, 0.1) is 0 Å². The first-order valence-electron chi connectivity index (χ1n) is 4.89. The lowest BCUT2D eigenvalue weighted by molar-refractivity contribution is -0.141. The van der Waals surface area contributed by atoms with E-state index in [2.05, 4.69) is 15.3 Å². The molecule has 0 bridgehead atoms. The minimum atomic E-state index is -4.56. The van der Waals surface area contributed by atoms with Gasteiger partial charge in [-0.2, -0.15) is 13.2 Å². The Morgan fingerprint density at radius 2 is 1.72 bits per heavy atom. The minimum Gasteiger partial charge on any atom is -0.324 e. The molecule has 0 radical (unpaired) electrons. The van der Waals surface area contributed by atoms with E-state index in [4.69, 9.17) is 11.6 Å². The molecule has 1 heterocycles. The van der Waals surface area contributed by atoms with Gasteiger partial charge in [0, 0.05) is 11.8 Å². The maximum absolute atomic E-state index is 12.5. The lowest BCUT2D eigenvalue weighted by Crippen LogP contribution is -2.10. The predicted molar refractivity (Wildman–Crippen MR) is 61.8 cm³/mol. The van der Waals surface area contributed by atoms with E-state index in [1.165, 1.54) is 0 Å². The van der Waals surface area contributed by atoms with Gasteiger partial charge in [-0.25, -0.2) is 9.97 Å². The average molecular weight is 274 g/mol. The van der Waals surface area contributed by atoms with Gasteiger partial charge in [-0.1, -0.05) is 29.8 Å². The Hall–Kier alpha value is -1.82. The van der Waals surface area contributed by atoms with Gasteiger partial charge in [0.1, 0.15) is 5.15 Å². The van der Waals surface area contributed by atoms with Gasteiger partial charge in [0.25, 0.3) is 0 Å². The number of hydrogen-bond acceptors (Lipinski definition) is 3. The van der Waals surface area contributed by atoms with Crippen LogP contribution in [0.3, 0.4) is 0 Å². The summed E-state index contributed by atoms with van der Waals surface area (Å²) in [6, 6.07) is 9.28. The molecule has 0 aliphatic rings. The zero-order valence-electron chi connectivity index (χ0n) is 8.87. The SMILES string of the molecule is FC(F)(F)c1cc(Cl)nc(Nc2ccccc2)n1. The van der Waals surface area contributed by atoms with Gasteiger partial charge >= 0.3 is 6.18 Å². The Labute approximate surface area is 106 Å². The topological polar surface area (TPSA) is 37.8 Å². The molecule has 18 heavy (non-hydrogen) atoms. The van der Waals surface area contributed by atoms with Crippen molar-refractivity contribution in [3.05, 3.63) is 47.2 Å². The number of hydrogen-bond donors (Lipinski definition) is 1. The Morgan fingerprint density at radius 1 is 1.06 bits per heavy atom. The van der Waals surface area contributed by atoms with Crippen molar-refractivity contribution in [1.82, 2.24) is 9.97 Å². The molecule has 0 fully saturated rings. The number of aromatic nitrogens is 2. The van der Waals surface area contributed by atoms with Crippen molar-refractivity contribution in [2.45, 2.75) is 6.18 Å². The van der Waals surface area contributed by atoms with Gasteiger partial charge in [0.2, 0.25) is 5.95 Å². The van der Waals surface area contributed by atoms with Gasteiger partial charge in [-0.15, -0.1) is 0 Å². The quantitative estimate of drug-likeness (QED) is 0.844. The van der Waals surface area contributed by atoms with Crippen molar-refractivity contribution in [3.63, 3.8) is 0 Å². The molecular formula is C11H7ClF3N3. The van der Waals surface area contributed by atoms with E-state index < -0.39 is 11.9 Å². The molecule has 0 saturated heterocycles. The molecule has 0 atom stereocenters. The van der Waals surface area contributed by atoms with E-state index in [1.54, 1.807) is 30.3 Å². The first-order chi connectivity index (χ1) is 8.45. The molecular weight excluding hydrogens is 267 g/mol. The number of benzene rings is 1. The summed E-state index contributed by atoms with van der Waals surface area (Å²) in [7, 11) is 0. The summed E-state index contributed by atoms with van der Waals surface area (Å²) < 4.78 is 37.5. The molecule has 2 aromatic rings. The van der Waals surface area contributed by atoms with E-state index in [9.17, 15) is 13.2 Å². The molecule has 0 saturated carbocycles. The molecule has 3 nitrogen and oxygen atoms in total. The van der Waals surface area contributed by atoms with E-state index in [1.807, 2.05) is 0 Å². The molecule has 1 aromatic heterocycles. The van der Waals surface area contributed by atoms with Gasteiger partial charge < -0.3 is 5.32 Å². The summed E-state index contributed by atoms with van der Waals surface area (Å²) in [6.07, 6.45) is -4.56. The molecule has 7 heteroatoms. The fourth-order valence-electron chi connectivity index (χ4n) is 1.27. The minimum absolute atomic E-state index is 0.193. The highest BCUT2D eigenvalue weighted by Crippen LogP contribution is 2.30. The largest absolute Gasteiger partial charge is 0.433 e. The molecule has 94 valence electrons. The van der Waals surface area contributed by atoms with Crippen LogP contribution in [0.25, 0.3) is 0 Å². The second-order valence-corrected chi connectivity index (χ2v) is 3.78.